The van der Waals surface area contributed by atoms with Gasteiger partial charge in [0.05, 0.1) is 22.4 Å². The summed E-state index contributed by atoms with van der Waals surface area (Å²) in [5.41, 5.74) is 7.85. The van der Waals surface area contributed by atoms with Crippen LogP contribution in [-0.2, 0) is 4.74 Å². The van der Waals surface area contributed by atoms with Crippen molar-refractivity contribution in [1.29, 1.82) is 0 Å². The first-order chi connectivity index (χ1) is 10.2. The van der Waals surface area contributed by atoms with E-state index >= 15 is 0 Å². The number of hydrogen-bond acceptors (Lipinski definition) is 7. The maximum absolute atomic E-state index is 6.00. The quantitative estimate of drug-likeness (QED) is 0.880. The molecular formula is C14H20N4OS2. The average molecular weight is 324 g/mol. The number of hydrogen-bond donors (Lipinski definition) is 2. The van der Waals surface area contributed by atoms with Gasteiger partial charge in [-0.2, -0.15) is 4.37 Å². The molecule has 1 aliphatic rings. The number of anilines is 2. The molecule has 0 radical (unpaired) electrons. The van der Waals surface area contributed by atoms with Crippen LogP contribution in [0.4, 0.5) is 10.8 Å². The van der Waals surface area contributed by atoms with E-state index in [1.54, 1.807) is 11.3 Å². The van der Waals surface area contributed by atoms with Crippen molar-refractivity contribution >= 4 is 33.7 Å². The lowest BCUT2D eigenvalue weighted by molar-refractivity contribution is 0.0134. The predicted molar refractivity (Wildman–Crippen MR) is 89.1 cm³/mol. The molecule has 1 aliphatic heterocycles. The van der Waals surface area contributed by atoms with Crippen molar-refractivity contribution in [3.05, 3.63) is 10.4 Å². The van der Waals surface area contributed by atoms with E-state index in [2.05, 4.69) is 14.7 Å². The van der Waals surface area contributed by atoms with Gasteiger partial charge in [-0.3, -0.25) is 0 Å². The first-order valence-electron chi connectivity index (χ1n) is 7.27. The average Bonchev–Trinajstić information content (AvgIpc) is 3.06. The second-order valence-corrected chi connectivity index (χ2v) is 7.06. The van der Waals surface area contributed by atoms with Crippen molar-refractivity contribution in [2.75, 3.05) is 24.2 Å². The summed E-state index contributed by atoms with van der Waals surface area (Å²) in [6.45, 7) is 3.78. The van der Waals surface area contributed by atoms with Crippen LogP contribution in [0.25, 0.3) is 11.3 Å². The SMILES string of the molecule is Cc1nc(-c2c(N)nsc2NCCC2CCCCO2)cs1. The smallest absolute Gasteiger partial charge is 0.148 e. The van der Waals surface area contributed by atoms with Gasteiger partial charge in [-0.1, -0.05) is 0 Å². The summed E-state index contributed by atoms with van der Waals surface area (Å²) in [7, 11) is 0. The van der Waals surface area contributed by atoms with Crippen molar-refractivity contribution in [1.82, 2.24) is 9.36 Å². The van der Waals surface area contributed by atoms with Crippen LogP contribution in [0.3, 0.4) is 0 Å². The van der Waals surface area contributed by atoms with Crippen LogP contribution < -0.4 is 11.1 Å². The van der Waals surface area contributed by atoms with Crippen LogP contribution in [0, 0.1) is 6.92 Å². The summed E-state index contributed by atoms with van der Waals surface area (Å²) < 4.78 is 10.0. The molecule has 0 aromatic carbocycles. The summed E-state index contributed by atoms with van der Waals surface area (Å²) >= 11 is 3.03. The van der Waals surface area contributed by atoms with Crippen molar-refractivity contribution in [2.45, 2.75) is 38.7 Å². The number of nitrogens with two attached hydrogens (primary N) is 1. The number of nitrogen functional groups attached to an aromatic ring is 1. The zero-order valence-corrected chi connectivity index (χ0v) is 13.7. The Morgan fingerprint density at radius 2 is 2.38 bits per heavy atom. The zero-order chi connectivity index (χ0) is 14.7. The van der Waals surface area contributed by atoms with E-state index in [1.807, 2.05) is 12.3 Å². The van der Waals surface area contributed by atoms with Gasteiger partial charge in [0.1, 0.15) is 10.8 Å². The van der Waals surface area contributed by atoms with Gasteiger partial charge in [0.2, 0.25) is 0 Å². The molecule has 1 saturated heterocycles. The summed E-state index contributed by atoms with van der Waals surface area (Å²) in [6.07, 6.45) is 5.06. The van der Waals surface area contributed by atoms with Crippen molar-refractivity contribution in [2.24, 2.45) is 0 Å². The van der Waals surface area contributed by atoms with Gasteiger partial charge in [0, 0.05) is 18.5 Å². The minimum atomic E-state index is 0.390. The number of rotatable bonds is 5. The summed E-state index contributed by atoms with van der Waals surface area (Å²) in [4.78, 5) is 4.51. The van der Waals surface area contributed by atoms with E-state index in [0.717, 1.165) is 40.8 Å². The number of nitrogens with one attached hydrogen (secondary N) is 1. The molecule has 7 heteroatoms. The standard InChI is InChI=1S/C14H20N4OS2/c1-9-17-11(8-20-9)12-13(15)18-21-14(12)16-6-5-10-4-2-3-7-19-10/h8,10,16H,2-7H2,1H3,(H2,15,18). The fourth-order valence-corrected chi connectivity index (χ4v) is 3.88. The molecule has 3 heterocycles. The van der Waals surface area contributed by atoms with Gasteiger partial charge in [0.15, 0.2) is 0 Å². The lowest BCUT2D eigenvalue weighted by atomic mass is 10.1. The Labute approximate surface area is 132 Å². The Hall–Kier alpha value is -1.18. The van der Waals surface area contributed by atoms with E-state index < -0.39 is 0 Å². The predicted octanol–water partition coefficient (Wildman–Crippen LogP) is 3.53. The minimum absolute atomic E-state index is 0.390. The molecule has 0 aliphatic carbocycles. The summed E-state index contributed by atoms with van der Waals surface area (Å²) in [6, 6.07) is 0. The summed E-state index contributed by atoms with van der Waals surface area (Å²) in [5, 5.41) is 7.53. The topological polar surface area (TPSA) is 73.1 Å². The van der Waals surface area contributed by atoms with Gasteiger partial charge in [-0.05, 0) is 44.1 Å². The number of thiazole rings is 1. The molecule has 1 unspecified atom stereocenters. The van der Waals surface area contributed by atoms with Crippen molar-refractivity contribution < 1.29 is 4.74 Å². The lowest BCUT2D eigenvalue weighted by Gasteiger charge is -2.22. The Morgan fingerprint density at radius 3 is 3.10 bits per heavy atom. The number of aromatic nitrogens is 2. The highest BCUT2D eigenvalue weighted by atomic mass is 32.1. The molecule has 3 N–H and O–H groups in total. The molecule has 21 heavy (non-hydrogen) atoms. The Balaban J connectivity index is 1.63. The third-order valence-corrected chi connectivity index (χ3v) is 5.21. The van der Waals surface area contributed by atoms with Gasteiger partial charge in [-0.15, -0.1) is 11.3 Å². The second kappa shape index (κ2) is 6.72. The maximum atomic E-state index is 6.00. The van der Waals surface area contributed by atoms with Crippen LogP contribution in [0.2, 0.25) is 0 Å². The molecule has 0 amide bonds. The van der Waals surface area contributed by atoms with Crippen LogP contribution in [0.5, 0.6) is 0 Å². The molecule has 1 fully saturated rings. The first kappa shape index (κ1) is 14.7. The third-order valence-electron chi connectivity index (χ3n) is 3.62. The van der Waals surface area contributed by atoms with Crippen LogP contribution in [0.1, 0.15) is 30.7 Å². The normalized spacial score (nSPS) is 18.8. The van der Waals surface area contributed by atoms with E-state index in [-0.39, 0.29) is 0 Å². The molecule has 2 aromatic heterocycles. The molecule has 1 atom stereocenters. The highest BCUT2D eigenvalue weighted by Crippen LogP contribution is 2.37. The largest absolute Gasteiger partial charge is 0.382 e. The van der Waals surface area contributed by atoms with Gasteiger partial charge >= 0.3 is 0 Å². The molecular weight excluding hydrogens is 304 g/mol. The van der Waals surface area contributed by atoms with Crippen molar-refractivity contribution in [3.8, 4) is 11.3 Å². The lowest BCUT2D eigenvalue weighted by Crippen LogP contribution is -2.21. The molecule has 2 aromatic rings. The molecule has 0 bridgehead atoms. The van der Waals surface area contributed by atoms with E-state index in [4.69, 9.17) is 10.5 Å². The number of aryl methyl sites for hydroxylation is 1. The first-order valence-corrected chi connectivity index (χ1v) is 8.92. The monoisotopic (exact) mass is 324 g/mol. The van der Waals surface area contributed by atoms with Gasteiger partial charge in [-0.25, -0.2) is 4.98 Å². The second-order valence-electron chi connectivity index (χ2n) is 5.23. The number of nitrogens with zero attached hydrogens (tertiary/aromatic N) is 2. The Morgan fingerprint density at radius 1 is 1.48 bits per heavy atom. The van der Waals surface area contributed by atoms with Crippen LogP contribution in [0.15, 0.2) is 5.38 Å². The molecule has 0 spiro atoms. The molecule has 0 saturated carbocycles. The minimum Gasteiger partial charge on any atom is -0.382 e. The van der Waals surface area contributed by atoms with Crippen LogP contribution >= 0.6 is 22.9 Å². The highest BCUT2D eigenvalue weighted by Gasteiger charge is 2.17. The van der Waals surface area contributed by atoms with Gasteiger partial charge < -0.3 is 15.8 Å². The Kier molecular flexibility index (Phi) is 4.72. The zero-order valence-electron chi connectivity index (χ0n) is 12.1. The molecule has 5 nitrogen and oxygen atoms in total. The highest BCUT2D eigenvalue weighted by molar-refractivity contribution is 7.11. The third kappa shape index (κ3) is 3.53. The van der Waals surface area contributed by atoms with Crippen molar-refractivity contribution in [3.63, 3.8) is 0 Å². The van der Waals surface area contributed by atoms with Crippen LogP contribution in [-0.4, -0.2) is 28.6 Å². The summed E-state index contributed by atoms with van der Waals surface area (Å²) in [5.74, 6) is 0.557. The van der Waals surface area contributed by atoms with Gasteiger partial charge in [0.25, 0.3) is 0 Å². The van der Waals surface area contributed by atoms with E-state index in [0.29, 0.717) is 11.9 Å². The van der Waals surface area contributed by atoms with E-state index in [1.165, 1.54) is 30.8 Å². The number of ether oxygens (including phenoxy) is 1. The van der Waals surface area contributed by atoms with E-state index in [9.17, 15) is 0 Å². The Bertz CT molecular complexity index is 590. The molecule has 114 valence electrons. The molecule has 3 rings (SSSR count). The maximum Gasteiger partial charge on any atom is 0.148 e. The fourth-order valence-electron chi connectivity index (χ4n) is 2.53. The fraction of sp³-hybridized carbons (Fsp3) is 0.571.